The molecule has 2 heterocycles. The first-order valence-corrected chi connectivity index (χ1v) is 7.45. The molecule has 8 heteroatoms. The quantitative estimate of drug-likeness (QED) is 0.754. The Morgan fingerprint density at radius 1 is 1.45 bits per heavy atom. The van der Waals surface area contributed by atoms with Crippen molar-refractivity contribution in [3.63, 3.8) is 0 Å². The number of hydrogen-bond acceptors (Lipinski definition) is 5. The molecule has 1 aliphatic heterocycles. The summed E-state index contributed by atoms with van der Waals surface area (Å²) in [5, 5.41) is 10.7. The Morgan fingerprint density at radius 2 is 2.20 bits per heavy atom. The summed E-state index contributed by atoms with van der Waals surface area (Å²) in [4.78, 5) is 29.1. The van der Waals surface area contributed by atoms with E-state index in [1.807, 2.05) is 5.38 Å². The summed E-state index contributed by atoms with van der Waals surface area (Å²) in [6.07, 6.45) is 3.35. The van der Waals surface area contributed by atoms with Gasteiger partial charge in [0.2, 0.25) is 5.91 Å². The second kappa shape index (κ2) is 7.20. The lowest BCUT2D eigenvalue weighted by Crippen LogP contribution is -2.48. The molecule has 0 saturated carbocycles. The Bertz CT molecular complexity index is 443. The number of anilines is 1. The highest BCUT2D eigenvalue weighted by atomic mass is 32.1. The Balaban J connectivity index is 1.69. The standard InChI is InChI=1S/C12H19N5O2S/c1-13-10(18)8-17-5-2-9(3-6-17)15-11(19)16-12-14-4-7-20-12/h4,7,9H,2-3,5-6,8H2,1H3,(H,13,18)(H2,14,15,16,19). The average Bonchev–Trinajstić information content (AvgIpc) is 2.93. The maximum atomic E-state index is 11.8. The van der Waals surface area contributed by atoms with E-state index in [1.54, 1.807) is 13.2 Å². The molecule has 0 unspecified atom stereocenters. The second-order valence-electron chi connectivity index (χ2n) is 4.66. The summed E-state index contributed by atoms with van der Waals surface area (Å²) in [5.74, 6) is 0.0259. The van der Waals surface area contributed by atoms with Gasteiger partial charge in [0.25, 0.3) is 0 Å². The van der Waals surface area contributed by atoms with Gasteiger partial charge in [-0.15, -0.1) is 11.3 Å². The van der Waals surface area contributed by atoms with Crippen molar-refractivity contribution in [2.45, 2.75) is 18.9 Å². The van der Waals surface area contributed by atoms with Crippen LogP contribution in [0.1, 0.15) is 12.8 Å². The largest absolute Gasteiger partial charge is 0.358 e. The van der Waals surface area contributed by atoms with Crippen LogP contribution in [0.5, 0.6) is 0 Å². The fraction of sp³-hybridized carbons (Fsp3) is 0.583. The van der Waals surface area contributed by atoms with Gasteiger partial charge in [-0.1, -0.05) is 0 Å². The van der Waals surface area contributed by atoms with Crippen LogP contribution in [0, 0.1) is 0 Å². The molecule has 1 aliphatic rings. The minimum atomic E-state index is -0.218. The molecule has 1 saturated heterocycles. The van der Waals surface area contributed by atoms with E-state index in [-0.39, 0.29) is 18.0 Å². The maximum Gasteiger partial charge on any atom is 0.321 e. The van der Waals surface area contributed by atoms with Gasteiger partial charge in [-0.2, -0.15) is 0 Å². The molecule has 7 nitrogen and oxygen atoms in total. The fourth-order valence-electron chi connectivity index (χ4n) is 2.12. The van der Waals surface area contributed by atoms with Crippen LogP contribution in [-0.2, 0) is 4.79 Å². The number of piperidine rings is 1. The molecule has 0 radical (unpaired) electrons. The van der Waals surface area contributed by atoms with Crippen molar-refractivity contribution in [2.75, 3.05) is 32.0 Å². The number of urea groups is 1. The van der Waals surface area contributed by atoms with Crippen LogP contribution in [0.4, 0.5) is 9.93 Å². The van der Waals surface area contributed by atoms with Crippen molar-refractivity contribution < 1.29 is 9.59 Å². The molecule has 0 aliphatic carbocycles. The highest BCUT2D eigenvalue weighted by molar-refractivity contribution is 7.13. The van der Waals surface area contributed by atoms with Crippen LogP contribution < -0.4 is 16.0 Å². The molecule has 3 amide bonds. The lowest BCUT2D eigenvalue weighted by atomic mass is 10.1. The summed E-state index contributed by atoms with van der Waals surface area (Å²) >= 11 is 1.39. The van der Waals surface area contributed by atoms with Crippen LogP contribution >= 0.6 is 11.3 Å². The zero-order chi connectivity index (χ0) is 14.4. The van der Waals surface area contributed by atoms with Crippen molar-refractivity contribution in [3.05, 3.63) is 11.6 Å². The zero-order valence-electron chi connectivity index (χ0n) is 11.4. The molecule has 1 aromatic heterocycles. The summed E-state index contributed by atoms with van der Waals surface area (Å²) in [7, 11) is 1.64. The molecule has 1 fully saturated rings. The number of thiazole rings is 1. The SMILES string of the molecule is CNC(=O)CN1CCC(NC(=O)Nc2nccs2)CC1. The molecular weight excluding hydrogens is 278 g/mol. The topological polar surface area (TPSA) is 86.4 Å². The Morgan fingerprint density at radius 3 is 2.80 bits per heavy atom. The number of amides is 3. The number of hydrogen-bond donors (Lipinski definition) is 3. The number of aromatic nitrogens is 1. The lowest BCUT2D eigenvalue weighted by molar-refractivity contribution is -0.122. The monoisotopic (exact) mass is 297 g/mol. The Kier molecular flexibility index (Phi) is 5.31. The maximum absolute atomic E-state index is 11.8. The summed E-state index contributed by atoms with van der Waals surface area (Å²) in [6, 6.07) is -0.0689. The van der Waals surface area contributed by atoms with Gasteiger partial charge in [0.05, 0.1) is 6.54 Å². The van der Waals surface area contributed by atoms with E-state index < -0.39 is 0 Å². The van der Waals surface area contributed by atoms with E-state index in [0.717, 1.165) is 25.9 Å². The molecule has 1 aromatic rings. The summed E-state index contributed by atoms with van der Waals surface area (Å²) < 4.78 is 0. The predicted molar refractivity (Wildman–Crippen MR) is 77.8 cm³/mol. The summed E-state index contributed by atoms with van der Waals surface area (Å²) in [6.45, 7) is 2.06. The molecule has 3 N–H and O–H groups in total. The molecule has 110 valence electrons. The van der Waals surface area contributed by atoms with Gasteiger partial charge in [-0.3, -0.25) is 15.0 Å². The van der Waals surface area contributed by atoms with Gasteiger partial charge >= 0.3 is 6.03 Å². The van der Waals surface area contributed by atoms with E-state index in [2.05, 4.69) is 25.8 Å². The normalized spacial score (nSPS) is 16.6. The third-order valence-corrected chi connectivity index (χ3v) is 3.91. The van der Waals surface area contributed by atoms with E-state index in [0.29, 0.717) is 11.7 Å². The first-order chi connectivity index (χ1) is 9.67. The first kappa shape index (κ1) is 14.7. The molecule has 0 aromatic carbocycles. The third-order valence-electron chi connectivity index (χ3n) is 3.22. The third kappa shape index (κ3) is 4.46. The van der Waals surface area contributed by atoms with Gasteiger partial charge in [0, 0.05) is 37.8 Å². The van der Waals surface area contributed by atoms with Crippen LogP contribution in [0.25, 0.3) is 0 Å². The number of nitrogens with zero attached hydrogens (tertiary/aromatic N) is 2. The molecule has 2 rings (SSSR count). The molecule has 20 heavy (non-hydrogen) atoms. The van der Waals surface area contributed by atoms with Crippen molar-refractivity contribution in [1.82, 2.24) is 20.5 Å². The Labute approximate surface area is 121 Å². The van der Waals surface area contributed by atoms with Crippen LogP contribution in [-0.4, -0.2) is 54.5 Å². The lowest BCUT2D eigenvalue weighted by Gasteiger charge is -2.31. The second-order valence-corrected chi connectivity index (χ2v) is 5.55. The van der Waals surface area contributed by atoms with Crippen molar-refractivity contribution in [1.29, 1.82) is 0 Å². The van der Waals surface area contributed by atoms with E-state index >= 15 is 0 Å². The number of carbonyl (C=O) groups excluding carboxylic acids is 2. The van der Waals surface area contributed by atoms with Crippen molar-refractivity contribution >= 4 is 28.4 Å². The van der Waals surface area contributed by atoms with E-state index in [1.165, 1.54) is 11.3 Å². The minimum Gasteiger partial charge on any atom is -0.358 e. The molecule has 0 bridgehead atoms. The van der Waals surface area contributed by atoms with Crippen LogP contribution in [0.3, 0.4) is 0 Å². The molecular formula is C12H19N5O2S. The predicted octanol–water partition coefficient (Wildman–Crippen LogP) is 0.475. The van der Waals surface area contributed by atoms with Crippen molar-refractivity contribution in [2.24, 2.45) is 0 Å². The van der Waals surface area contributed by atoms with Gasteiger partial charge in [-0.25, -0.2) is 9.78 Å². The van der Waals surface area contributed by atoms with Gasteiger partial charge in [-0.05, 0) is 12.8 Å². The van der Waals surface area contributed by atoms with Gasteiger partial charge < -0.3 is 10.6 Å². The average molecular weight is 297 g/mol. The van der Waals surface area contributed by atoms with Crippen LogP contribution in [0.2, 0.25) is 0 Å². The van der Waals surface area contributed by atoms with E-state index in [4.69, 9.17) is 0 Å². The number of likely N-dealkylation sites (tertiary alicyclic amines) is 1. The summed E-state index contributed by atoms with van der Waals surface area (Å²) in [5.41, 5.74) is 0. The molecule has 0 atom stereocenters. The van der Waals surface area contributed by atoms with Gasteiger partial charge in [0.15, 0.2) is 5.13 Å². The Hall–Kier alpha value is -1.67. The number of nitrogens with one attached hydrogen (secondary N) is 3. The smallest absolute Gasteiger partial charge is 0.321 e. The minimum absolute atomic E-state index is 0.0259. The highest BCUT2D eigenvalue weighted by Gasteiger charge is 2.21. The molecule has 0 spiro atoms. The van der Waals surface area contributed by atoms with E-state index in [9.17, 15) is 9.59 Å². The number of rotatable bonds is 4. The highest BCUT2D eigenvalue weighted by Crippen LogP contribution is 2.12. The fourth-order valence-corrected chi connectivity index (χ4v) is 2.65. The van der Waals surface area contributed by atoms with Crippen molar-refractivity contribution in [3.8, 4) is 0 Å². The van der Waals surface area contributed by atoms with Crippen LogP contribution in [0.15, 0.2) is 11.6 Å². The first-order valence-electron chi connectivity index (χ1n) is 6.57. The zero-order valence-corrected chi connectivity index (χ0v) is 12.2. The number of likely N-dealkylation sites (N-methyl/N-ethyl adjacent to an activating group) is 1. The van der Waals surface area contributed by atoms with Gasteiger partial charge in [0.1, 0.15) is 0 Å². The number of carbonyl (C=O) groups is 2.